The second-order valence-corrected chi connectivity index (χ2v) is 8.56. The van der Waals surface area contributed by atoms with Gasteiger partial charge >= 0.3 is 0 Å². The number of likely N-dealkylation sites (tertiary alicyclic amines) is 1. The Labute approximate surface area is 193 Å². The van der Waals surface area contributed by atoms with E-state index < -0.39 is 0 Å². The van der Waals surface area contributed by atoms with Crippen molar-refractivity contribution in [1.82, 2.24) is 4.90 Å². The summed E-state index contributed by atoms with van der Waals surface area (Å²) >= 11 is 12.1. The van der Waals surface area contributed by atoms with Crippen LogP contribution in [0.25, 0.3) is 5.57 Å². The minimum atomic E-state index is -0.0807. The lowest BCUT2D eigenvalue weighted by Gasteiger charge is -2.26. The molecule has 2 aliphatic rings. The van der Waals surface area contributed by atoms with Crippen LogP contribution in [0, 0.1) is 0 Å². The Kier molecular flexibility index (Phi) is 7.06. The van der Waals surface area contributed by atoms with E-state index in [0.717, 1.165) is 30.9 Å². The zero-order valence-electron chi connectivity index (χ0n) is 17.6. The van der Waals surface area contributed by atoms with Crippen molar-refractivity contribution in [2.24, 2.45) is 0 Å². The number of nitrogens with zero attached hydrogens (tertiary/aromatic N) is 2. The number of benzene rings is 2. The third-order valence-electron chi connectivity index (χ3n) is 5.76. The van der Waals surface area contributed by atoms with E-state index in [1.165, 1.54) is 19.3 Å². The highest BCUT2D eigenvalue weighted by molar-refractivity contribution is 6.42. The first-order valence-electron chi connectivity index (χ1n) is 10.6. The van der Waals surface area contributed by atoms with Crippen molar-refractivity contribution in [2.75, 3.05) is 44.8 Å². The van der Waals surface area contributed by atoms with E-state index in [9.17, 15) is 4.79 Å². The third-order valence-corrected chi connectivity index (χ3v) is 6.50. The van der Waals surface area contributed by atoms with Gasteiger partial charge in [0.05, 0.1) is 17.2 Å². The number of hydrogen-bond donors (Lipinski definition) is 0. The number of anilines is 1. The zero-order chi connectivity index (χ0) is 21.8. The van der Waals surface area contributed by atoms with Crippen molar-refractivity contribution in [1.29, 1.82) is 0 Å². The normalized spacial score (nSPS) is 17.1. The maximum Gasteiger partial charge on any atom is 0.258 e. The molecule has 0 bridgehead atoms. The molecule has 0 aliphatic carbocycles. The Bertz CT molecular complexity index is 987. The number of ether oxygens (including phenoxy) is 2. The Balaban J connectivity index is 1.46. The van der Waals surface area contributed by atoms with Crippen molar-refractivity contribution < 1.29 is 14.3 Å². The number of hydrogen-bond acceptors (Lipinski definition) is 4. The van der Waals surface area contributed by atoms with Crippen molar-refractivity contribution in [2.45, 2.75) is 19.3 Å². The summed E-state index contributed by atoms with van der Waals surface area (Å²) in [6, 6.07) is 10.8. The first kappa shape index (κ1) is 22.0. The summed E-state index contributed by atoms with van der Waals surface area (Å²) in [7, 11) is 1.62. The van der Waals surface area contributed by atoms with E-state index in [4.69, 9.17) is 32.7 Å². The summed E-state index contributed by atoms with van der Waals surface area (Å²) in [5.74, 6) is 1.23. The van der Waals surface area contributed by atoms with Gasteiger partial charge in [0.2, 0.25) is 0 Å². The summed E-state index contributed by atoms with van der Waals surface area (Å²) in [6.45, 7) is 4.21. The maximum absolute atomic E-state index is 13.1. The minimum Gasteiger partial charge on any atom is -0.493 e. The molecule has 2 aromatic carbocycles. The number of rotatable bonds is 7. The molecule has 1 saturated heterocycles. The van der Waals surface area contributed by atoms with Crippen molar-refractivity contribution >= 4 is 40.4 Å². The largest absolute Gasteiger partial charge is 0.493 e. The molecule has 1 amide bonds. The molecule has 1 fully saturated rings. The van der Waals surface area contributed by atoms with E-state index >= 15 is 0 Å². The monoisotopic (exact) mass is 460 g/mol. The molecule has 0 radical (unpaired) electrons. The standard InChI is InChI=1S/C24H26Cl2N2O3/c1-30-22-8-5-17(15-23(22)31-14-13-27-10-3-2-4-11-27)19-9-12-28(24(19)29)18-6-7-20(25)21(26)16-18/h5-9,15-16H,2-4,10-14H2,1H3. The Hall–Kier alpha value is -2.21. The van der Waals surface area contributed by atoms with Crippen molar-refractivity contribution in [3.05, 3.63) is 58.1 Å². The predicted molar refractivity (Wildman–Crippen MR) is 126 cm³/mol. The Morgan fingerprint density at radius 2 is 1.77 bits per heavy atom. The van der Waals surface area contributed by atoms with Crippen LogP contribution in [-0.4, -0.2) is 50.7 Å². The molecule has 0 saturated carbocycles. The van der Waals surface area contributed by atoms with Gasteiger partial charge in [0.15, 0.2) is 11.5 Å². The molecule has 4 rings (SSSR count). The lowest BCUT2D eigenvalue weighted by molar-refractivity contribution is -0.112. The second kappa shape index (κ2) is 9.94. The number of carbonyl (C=O) groups is 1. The summed E-state index contributed by atoms with van der Waals surface area (Å²) in [6.07, 6.45) is 5.74. The van der Waals surface area contributed by atoms with E-state index in [2.05, 4.69) is 4.90 Å². The van der Waals surface area contributed by atoms with Crippen LogP contribution in [0.5, 0.6) is 11.5 Å². The second-order valence-electron chi connectivity index (χ2n) is 7.75. The molecular weight excluding hydrogens is 435 g/mol. The minimum absolute atomic E-state index is 0.0807. The van der Waals surface area contributed by atoms with Gasteiger partial charge in [-0.2, -0.15) is 0 Å². The summed E-state index contributed by atoms with van der Waals surface area (Å²) in [5, 5.41) is 0.890. The van der Waals surface area contributed by atoms with Gasteiger partial charge in [0.25, 0.3) is 5.91 Å². The van der Waals surface area contributed by atoms with E-state index in [1.54, 1.807) is 30.2 Å². The molecule has 2 aromatic rings. The van der Waals surface area contributed by atoms with E-state index in [0.29, 0.717) is 40.3 Å². The van der Waals surface area contributed by atoms with Crippen LogP contribution in [0.2, 0.25) is 10.0 Å². The molecule has 0 spiro atoms. The van der Waals surface area contributed by atoms with Gasteiger partial charge in [-0.15, -0.1) is 0 Å². The molecule has 0 unspecified atom stereocenters. The van der Waals surface area contributed by atoms with Crippen LogP contribution in [0.3, 0.4) is 0 Å². The van der Waals surface area contributed by atoms with Gasteiger partial charge in [-0.25, -0.2) is 0 Å². The molecule has 0 N–H and O–H groups in total. The zero-order valence-corrected chi connectivity index (χ0v) is 19.1. The summed E-state index contributed by atoms with van der Waals surface area (Å²) in [5.41, 5.74) is 2.16. The fraction of sp³-hybridized carbons (Fsp3) is 0.375. The van der Waals surface area contributed by atoms with Gasteiger partial charge in [-0.1, -0.05) is 41.8 Å². The van der Waals surface area contributed by atoms with Crippen LogP contribution in [0.1, 0.15) is 24.8 Å². The smallest absolute Gasteiger partial charge is 0.258 e. The highest BCUT2D eigenvalue weighted by Gasteiger charge is 2.27. The van der Waals surface area contributed by atoms with Crippen LogP contribution in [0.4, 0.5) is 5.69 Å². The Morgan fingerprint density at radius 3 is 2.52 bits per heavy atom. The molecule has 5 nitrogen and oxygen atoms in total. The number of piperidine rings is 1. The Morgan fingerprint density at radius 1 is 0.968 bits per heavy atom. The van der Waals surface area contributed by atoms with Gasteiger partial charge in [-0.3, -0.25) is 9.69 Å². The number of halogens is 2. The van der Waals surface area contributed by atoms with Gasteiger partial charge in [-0.05, 0) is 61.8 Å². The molecular formula is C24H26Cl2N2O3. The average molecular weight is 461 g/mol. The fourth-order valence-corrected chi connectivity index (χ4v) is 4.33. The van der Waals surface area contributed by atoms with E-state index in [-0.39, 0.29) is 5.91 Å². The molecule has 0 atom stereocenters. The lowest BCUT2D eigenvalue weighted by Crippen LogP contribution is -2.33. The molecule has 0 aromatic heterocycles. The fourth-order valence-electron chi connectivity index (χ4n) is 4.04. The molecule has 2 aliphatic heterocycles. The average Bonchev–Trinajstić information content (AvgIpc) is 3.17. The van der Waals surface area contributed by atoms with Crippen molar-refractivity contribution in [3.63, 3.8) is 0 Å². The highest BCUT2D eigenvalue weighted by Crippen LogP contribution is 2.35. The number of methoxy groups -OCH3 is 1. The van der Waals surface area contributed by atoms with Crippen molar-refractivity contribution in [3.8, 4) is 11.5 Å². The predicted octanol–water partition coefficient (Wildman–Crippen LogP) is 5.30. The molecule has 164 valence electrons. The third kappa shape index (κ3) is 5.00. The summed E-state index contributed by atoms with van der Waals surface area (Å²) in [4.78, 5) is 17.2. The quantitative estimate of drug-likeness (QED) is 0.562. The van der Waals surface area contributed by atoms with Crippen LogP contribution in [0.15, 0.2) is 42.5 Å². The highest BCUT2D eigenvalue weighted by atomic mass is 35.5. The van der Waals surface area contributed by atoms with Crippen LogP contribution >= 0.6 is 23.2 Å². The molecule has 7 heteroatoms. The number of carbonyl (C=O) groups excluding carboxylic acids is 1. The molecule has 2 heterocycles. The van der Waals surface area contributed by atoms with Gasteiger partial charge in [0, 0.05) is 24.4 Å². The SMILES string of the molecule is COc1ccc(C2=CCN(c3ccc(Cl)c(Cl)c3)C2=O)cc1OCCN1CCCCC1. The topological polar surface area (TPSA) is 42.0 Å². The van der Waals surface area contributed by atoms with Gasteiger partial charge < -0.3 is 14.4 Å². The van der Waals surface area contributed by atoms with Crippen LogP contribution < -0.4 is 14.4 Å². The first-order chi connectivity index (χ1) is 15.1. The maximum atomic E-state index is 13.1. The number of amides is 1. The lowest BCUT2D eigenvalue weighted by atomic mass is 10.1. The first-order valence-corrected chi connectivity index (χ1v) is 11.3. The summed E-state index contributed by atoms with van der Waals surface area (Å²) < 4.78 is 11.5. The molecule has 31 heavy (non-hydrogen) atoms. The van der Waals surface area contributed by atoms with E-state index in [1.807, 2.05) is 24.3 Å². The van der Waals surface area contributed by atoms with Crippen LogP contribution in [-0.2, 0) is 4.79 Å². The van der Waals surface area contributed by atoms with Gasteiger partial charge in [0.1, 0.15) is 6.61 Å².